The van der Waals surface area contributed by atoms with Crippen LogP contribution in [0.2, 0.25) is 0 Å². The lowest BCUT2D eigenvalue weighted by atomic mass is 9.86. The molecule has 0 bridgehead atoms. The monoisotopic (exact) mass is 415 g/mol. The van der Waals surface area contributed by atoms with Gasteiger partial charge in [0.2, 0.25) is 5.91 Å². The molecule has 1 aromatic heterocycles. The maximum absolute atomic E-state index is 12.8. The van der Waals surface area contributed by atoms with Crippen LogP contribution in [0.1, 0.15) is 30.9 Å². The quantitative estimate of drug-likeness (QED) is 0.503. The van der Waals surface area contributed by atoms with Crippen molar-refractivity contribution in [1.29, 1.82) is 0 Å². The van der Waals surface area contributed by atoms with Gasteiger partial charge in [0.1, 0.15) is 6.42 Å². The maximum Gasteiger partial charge on any atom is 0.397 e. The highest BCUT2D eigenvalue weighted by atomic mass is 19.4. The van der Waals surface area contributed by atoms with Gasteiger partial charge in [-0.3, -0.25) is 14.6 Å². The molecule has 0 spiro atoms. The summed E-state index contributed by atoms with van der Waals surface area (Å²) in [7, 11) is 1.55. The molecule has 2 amide bonds. The van der Waals surface area contributed by atoms with Gasteiger partial charge in [0, 0.05) is 38.6 Å². The highest BCUT2D eigenvalue weighted by Gasteiger charge is 2.52. The Morgan fingerprint density at radius 3 is 2.45 bits per heavy atom. The first-order chi connectivity index (χ1) is 13.8. The number of pyridine rings is 1. The minimum Gasteiger partial charge on any atom is -0.382 e. The minimum absolute atomic E-state index is 0.150. The predicted molar refractivity (Wildman–Crippen MR) is 95.7 cm³/mol. The molecule has 2 fully saturated rings. The molecule has 0 N–H and O–H groups in total. The molecule has 2 saturated heterocycles. The number of hydrogen-bond donors (Lipinski definition) is 0. The van der Waals surface area contributed by atoms with Crippen molar-refractivity contribution in [2.75, 3.05) is 33.4 Å². The number of nitrogens with zero attached hydrogens (tertiary/aromatic N) is 3. The van der Waals surface area contributed by atoms with E-state index in [-0.39, 0.29) is 37.7 Å². The van der Waals surface area contributed by atoms with E-state index in [1.165, 1.54) is 4.90 Å². The summed E-state index contributed by atoms with van der Waals surface area (Å²) < 4.78 is 48.1. The zero-order chi connectivity index (χ0) is 21.0. The number of ether oxygens (including phenoxy) is 2. The molecule has 0 unspecified atom stereocenters. The maximum atomic E-state index is 12.8. The number of β-lactam (4-membered cyclic amide) rings is 1. The molecule has 3 heterocycles. The molecular formula is C19H24F3N3O4. The van der Waals surface area contributed by atoms with Crippen LogP contribution in [0.5, 0.6) is 0 Å². The second kappa shape index (κ2) is 9.08. The van der Waals surface area contributed by atoms with Crippen LogP contribution in [-0.4, -0.2) is 78.3 Å². The molecule has 0 aliphatic carbocycles. The van der Waals surface area contributed by atoms with Gasteiger partial charge in [-0.05, 0) is 30.5 Å². The van der Waals surface area contributed by atoms with Crippen molar-refractivity contribution in [3.05, 3.63) is 30.1 Å². The summed E-state index contributed by atoms with van der Waals surface area (Å²) >= 11 is 0. The second-order valence-electron chi connectivity index (χ2n) is 7.16. The lowest BCUT2D eigenvalue weighted by Gasteiger charge is -2.52. The van der Waals surface area contributed by atoms with E-state index in [0.29, 0.717) is 19.4 Å². The van der Waals surface area contributed by atoms with Gasteiger partial charge in [-0.15, -0.1) is 0 Å². The third-order valence-electron chi connectivity index (χ3n) is 5.28. The number of piperidine rings is 1. The summed E-state index contributed by atoms with van der Waals surface area (Å²) in [5.74, 6) is -1.07. The topological polar surface area (TPSA) is 72.0 Å². The lowest BCUT2D eigenvalue weighted by molar-refractivity contribution is -0.184. The average molecular weight is 415 g/mol. The molecule has 0 aromatic carbocycles. The van der Waals surface area contributed by atoms with Gasteiger partial charge < -0.3 is 19.3 Å². The van der Waals surface area contributed by atoms with Gasteiger partial charge in [-0.25, -0.2) is 0 Å². The minimum atomic E-state index is -4.51. The molecule has 1 aromatic rings. The molecule has 29 heavy (non-hydrogen) atoms. The van der Waals surface area contributed by atoms with Crippen LogP contribution >= 0.6 is 0 Å². The fourth-order valence-corrected chi connectivity index (χ4v) is 3.88. The summed E-state index contributed by atoms with van der Waals surface area (Å²) in [4.78, 5) is 31.5. The van der Waals surface area contributed by atoms with E-state index in [0.717, 1.165) is 5.56 Å². The van der Waals surface area contributed by atoms with E-state index < -0.39 is 24.6 Å². The Balaban J connectivity index is 1.65. The van der Waals surface area contributed by atoms with Crippen molar-refractivity contribution < 1.29 is 32.2 Å². The number of rotatable bonds is 7. The summed E-state index contributed by atoms with van der Waals surface area (Å²) in [6, 6.07) is 3.19. The molecule has 160 valence electrons. The SMILES string of the molecule is COCCO[C@H]1C(=O)N(C2CCN(C(=O)CC(F)(F)F)CC2)[C@H]1c1ccncc1. The van der Waals surface area contributed by atoms with Gasteiger partial charge in [-0.1, -0.05) is 0 Å². The second-order valence-corrected chi connectivity index (χ2v) is 7.16. The fourth-order valence-electron chi connectivity index (χ4n) is 3.88. The van der Waals surface area contributed by atoms with E-state index in [1.807, 2.05) is 12.1 Å². The van der Waals surface area contributed by atoms with E-state index in [4.69, 9.17) is 9.47 Å². The number of aromatic nitrogens is 1. The third-order valence-corrected chi connectivity index (χ3v) is 5.28. The van der Waals surface area contributed by atoms with E-state index >= 15 is 0 Å². The van der Waals surface area contributed by atoms with Crippen molar-refractivity contribution >= 4 is 11.8 Å². The molecule has 0 saturated carbocycles. The zero-order valence-corrected chi connectivity index (χ0v) is 16.1. The number of amides is 2. The van der Waals surface area contributed by atoms with Crippen LogP contribution in [0.3, 0.4) is 0 Å². The van der Waals surface area contributed by atoms with Crippen molar-refractivity contribution in [3.63, 3.8) is 0 Å². The third kappa shape index (κ3) is 5.05. The predicted octanol–water partition coefficient (Wildman–Crippen LogP) is 1.94. The largest absolute Gasteiger partial charge is 0.397 e. The Hall–Kier alpha value is -2.20. The molecule has 0 radical (unpaired) electrons. The van der Waals surface area contributed by atoms with Gasteiger partial charge in [0.15, 0.2) is 6.10 Å². The normalized spacial score (nSPS) is 23.2. The molecule has 2 atom stereocenters. The van der Waals surface area contributed by atoms with E-state index in [9.17, 15) is 22.8 Å². The van der Waals surface area contributed by atoms with Gasteiger partial charge in [0.05, 0.1) is 19.3 Å². The average Bonchev–Trinajstić information content (AvgIpc) is 2.69. The van der Waals surface area contributed by atoms with Crippen LogP contribution < -0.4 is 0 Å². The van der Waals surface area contributed by atoms with Crippen LogP contribution in [0.25, 0.3) is 0 Å². The zero-order valence-electron chi connectivity index (χ0n) is 16.1. The Bertz CT molecular complexity index is 708. The first kappa shape index (κ1) is 21.5. The standard InChI is InChI=1S/C19H24F3N3O4/c1-28-10-11-29-17-16(13-2-6-23-7-3-13)25(18(17)27)14-4-8-24(9-5-14)15(26)12-19(20,21)22/h2-3,6-7,14,16-17H,4-5,8-12H2,1H3/t16-,17+/m0/s1. The Morgan fingerprint density at radius 2 is 1.86 bits per heavy atom. The van der Waals surface area contributed by atoms with Crippen LogP contribution in [-0.2, 0) is 19.1 Å². The van der Waals surface area contributed by atoms with E-state index in [1.54, 1.807) is 24.4 Å². The van der Waals surface area contributed by atoms with Crippen molar-refractivity contribution in [2.45, 2.75) is 43.6 Å². The van der Waals surface area contributed by atoms with Crippen molar-refractivity contribution in [3.8, 4) is 0 Å². The van der Waals surface area contributed by atoms with E-state index in [2.05, 4.69) is 4.98 Å². The smallest absolute Gasteiger partial charge is 0.382 e. The number of carbonyl (C=O) groups excluding carboxylic acids is 2. The molecule has 7 nitrogen and oxygen atoms in total. The van der Waals surface area contributed by atoms with Gasteiger partial charge >= 0.3 is 6.18 Å². The molecule has 10 heteroatoms. The van der Waals surface area contributed by atoms with Crippen molar-refractivity contribution in [2.24, 2.45) is 0 Å². The summed E-state index contributed by atoms with van der Waals surface area (Å²) in [6.07, 6.45) is -2.45. The Labute approximate surface area is 166 Å². The van der Waals surface area contributed by atoms with Crippen LogP contribution in [0.15, 0.2) is 24.5 Å². The first-order valence-electron chi connectivity index (χ1n) is 9.49. The number of halogens is 3. The highest BCUT2D eigenvalue weighted by molar-refractivity contribution is 5.89. The van der Waals surface area contributed by atoms with Crippen LogP contribution in [0, 0.1) is 0 Å². The number of methoxy groups -OCH3 is 1. The number of hydrogen-bond acceptors (Lipinski definition) is 5. The first-order valence-corrected chi connectivity index (χ1v) is 9.49. The van der Waals surface area contributed by atoms with Crippen LogP contribution in [0.4, 0.5) is 13.2 Å². The number of carbonyl (C=O) groups is 2. The Kier molecular flexibility index (Phi) is 6.74. The number of alkyl halides is 3. The van der Waals surface area contributed by atoms with Crippen molar-refractivity contribution in [1.82, 2.24) is 14.8 Å². The molecule has 2 aliphatic rings. The number of likely N-dealkylation sites (tertiary alicyclic amines) is 2. The lowest BCUT2D eigenvalue weighted by Crippen LogP contribution is -2.65. The fraction of sp³-hybridized carbons (Fsp3) is 0.632. The molecular weight excluding hydrogens is 391 g/mol. The Morgan fingerprint density at radius 1 is 1.21 bits per heavy atom. The van der Waals surface area contributed by atoms with Gasteiger partial charge in [-0.2, -0.15) is 13.2 Å². The van der Waals surface area contributed by atoms with Gasteiger partial charge in [0.25, 0.3) is 5.91 Å². The molecule has 2 aliphatic heterocycles. The highest BCUT2D eigenvalue weighted by Crippen LogP contribution is 2.41. The molecule has 3 rings (SSSR count). The summed E-state index contributed by atoms with van der Waals surface area (Å²) in [5, 5.41) is 0. The summed E-state index contributed by atoms with van der Waals surface area (Å²) in [6.45, 7) is 1.04. The summed E-state index contributed by atoms with van der Waals surface area (Å²) in [5.41, 5.74) is 0.887.